The van der Waals surface area contributed by atoms with Crippen molar-refractivity contribution in [2.75, 3.05) is 50.8 Å². The van der Waals surface area contributed by atoms with Crippen molar-refractivity contribution in [3.63, 3.8) is 0 Å². The zero-order valence-corrected chi connectivity index (χ0v) is 27.2. The standard InChI is InChI=1S/C35H54N4O4/c1-7-39(29-12-16-43-17-13-29)33-20-28(9-8-27-10-14-38(15-11-27)22-25(5)40)19-31(26(33)6)34(41)36-21-32-30(23(2)3)18-24(4)37-35(32)42/h19-20,23-25,27,29-30,32,40H,7,10-18,21-22H2,1-6H3,(H,36,41)(H,37,42)/t24?,25-,30?,32?/m0/s1. The minimum absolute atomic E-state index is 0.0333. The summed E-state index contributed by atoms with van der Waals surface area (Å²) in [7, 11) is 0. The molecule has 238 valence electrons. The molecule has 0 bridgehead atoms. The van der Waals surface area contributed by atoms with Gasteiger partial charge in [-0.25, -0.2) is 0 Å². The highest BCUT2D eigenvalue weighted by Gasteiger charge is 2.37. The lowest BCUT2D eigenvalue weighted by Crippen LogP contribution is -2.52. The summed E-state index contributed by atoms with van der Waals surface area (Å²) < 4.78 is 5.65. The molecular weight excluding hydrogens is 540 g/mol. The number of hydrogen-bond donors (Lipinski definition) is 3. The normalized spacial score (nSPS) is 24.7. The summed E-state index contributed by atoms with van der Waals surface area (Å²) >= 11 is 0. The van der Waals surface area contributed by atoms with Gasteiger partial charge in [0.05, 0.1) is 12.0 Å². The summed E-state index contributed by atoms with van der Waals surface area (Å²) in [4.78, 5) is 31.5. The van der Waals surface area contributed by atoms with E-state index in [1.165, 1.54) is 0 Å². The lowest BCUT2D eigenvalue weighted by atomic mass is 9.76. The molecule has 0 aromatic heterocycles. The zero-order valence-electron chi connectivity index (χ0n) is 27.2. The van der Waals surface area contributed by atoms with E-state index in [9.17, 15) is 14.7 Å². The predicted octanol–water partition coefficient (Wildman–Crippen LogP) is 3.97. The summed E-state index contributed by atoms with van der Waals surface area (Å²) in [5.41, 5.74) is 3.49. The van der Waals surface area contributed by atoms with E-state index in [2.05, 4.69) is 66.0 Å². The number of benzene rings is 1. The Morgan fingerprint density at radius 1 is 1.19 bits per heavy atom. The number of likely N-dealkylation sites (tertiary alicyclic amines) is 1. The topological polar surface area (TPSA) is 94.1 Å². The fourth-order valence-electron chi connectivity index (χ4n) is 7.20. The number of amides is 2. The number of carbonyl (C=O) groups is 2. The number of anilines is 1. The molecule has 3 unspecified atom stereocenters. The third kappa shape index (κ3) is 8.74. The van der Waals surface area contributed by atoms with E-state index in [-0.39, 0.29) is 35.8 Å². The molecule has 0 radical (unpaired) electrons. The van der Waals surface area contributed by atoms with Gasteiger partial charge in [-0.15, -0.1) is 0 Å². The molecule has 4 atom stereocenters. The second-order valence-electron chi connectivity index (χ2n) is 13.4. The minimum atomic E-state index is -0.317. The lowest BCUT2D eigenvalue weighted by molar-refractivity contribution is -0.130. The number of ether oxygens (including phenoxy) is 1. The molecular formula is C35H54N4O4. The highest BCUT2D eigenvalue weighted by Crippen LogP contribution is 2.32. The van der Waals surface area contributed by atoms with Crippen molar-refractivity contribution in [1.82, 2.24) is 15.5 Å². The Kier molecular flexibility index (Phi) is 11.9. The molecule has 3 aliphatic heterocycles. The Labute approximate surface area is 259 Å². The first-order chi connectivity index (χ1) is 20.6. The van der Waals surface area contributed by atoms with Crippen LogP contribution >= 0.6 is 0 Å². The number of nitrogens with one attached hydrogen (secondary N) is 2. The maximum atomic E-state index is 13.8. The molecule has 0 aliphatic carbocycles. The third-order valence-corrected chi connectivity index (χ3v) is 9.64. The predicted molar refractivity (Wildman–Crippen MR) is 172 cm³/mol. The number of rotatable bonds is 9. The number of carbonyl (C=O) groups excluding carboxylic acids is 2. The van der Waals surface area contributed by atoms with Crippen LogP contribution in [0.25, 0.3) is 0 Å². The first kappa shape index (κ1) is 33.3. The average molecular weight is 595 g/mol. The van der Waals surface area contributed by atoms with Crippen LogP contribution in [0.15, 0.2) is 12.1 Å². The van der Waals surface area contributed by atoms with Crippen molar-refractivity contribution in [3.8, 4) is 11.8 Å². The van der Waals surface area contributed by atoms with Crippen molar-refractivity contribution >= 4 is 17.5 Å². The SMILES string of the molecule is CCN(c1cc(C#CC2CCN(C[C@H](C)O)CC2)cc(C(=O)NCC2C(=O)NC(C)CC2C(C)C)c1C)C1CCOCC1. The van der Waals surface area contributed by atoms with E-state index in [1.54, 1.807) is 0 Å². The number of β-amino-alcohol motifs (C(OH)–C–C–N with tert-alkyl or cyclic N) is 1. The Morgan fingerprint density at radius 3 is 2.51 bits per heavy atom. The molecule has 0 saturated carbocycles. The van der Waals surface area contributed by atoms with Crippen molar-refractivity contribution in [2.24, 2.45) is 23.7 Å². The van der Waals surface area contributed by atoms with Gasteiger partial charge in [-0.05, 0) is 102 Å². The molecule has 3 fully saturated rings. The summed E-state index contributed by atoms with van der Waals surface area (Å²) in [6, 6.07) is 4.60. The number of aliphatic hydroxyl groups is 1. The van der Waals surface area contributed by atoms with Crippen molar-refractivity contribution in [2.45, 2.75) is 91.8 Å². The zero-order chi connectivity index (χ0) is 31.1. The van der Waals surface area contributed by atoms with Gasteiger partial charge in [-0.3, -0.25) is 9.59 Å². The maximum Gasteiger partial charge on any atom is 0.251 e. The first-order valence-corrected chi connectivity index (χ1v) is 16.6. The Balaban J connectivity index is 1.58. The van der Waals surface area contributed by atoms with Gasteiger partial charge in [0.25, 0.3) is 5.91 Å². The molecule has 3 saturated heterocycles. The highest BCUT2D eigenvalue weighted by molar-refractivity contribution is 5.98. The van der Waals surface area contributed by atoms with E-state index in [1.807, 2.05) is 19.9 Å². The average Bonchev–Trinajstić information content (AvgIpc) is 2.97. The molecule has 3 aliphatic rings. The van der Waals surface area contributed by atoms with E-state index < -0.39 is 0 Å². The van der Waals surface area contributed by atoms with Crippen LogP contribution in [0, 0.1) is 42.4 Å². The van der Waals surface area contributed by atoms with Gasteiger partial charge in [0.15, 0.2) is 0 Å². The van der Waals surface area contributed by atoms with E-state index >= 15 is 0 Å². The minimum Gasteiger partial charge on any atom is -0.392 e. The van der Waals surface area contributed by atoms with Crippen LogP contribution < -0.4 is 15.5 Å². The van der Waals surface area contributed by atoms with Crippen LogP contribution in [0.4, 0.5) is 5.69 Å². The highest BCUT2D eigenvalue weighted by atomic mass is 16.5. The quantitative estimate of drug-likeness (QED) is 0.375. The van der Waals surface area contributed by atoms with Gasteiger partial charge < -0.3 is 30.3 Å². The fraction of sp³-hybridized carbons (Fsp3) is 0.714. The van der Waals surface area contributed by atoms with Crippen LogP contribution in [0.1, 0.15) is 88.2 Å². The second-order valence-corrected chi connectivity index (χ2v) is 13.4. The van der Waals surface area contributed by atoms with Crippen LogP contribution in [-0.4, -0.2) is 85.9 Å². The van der Waals surface area contributed by atoms with Gasteiger partial charge in [0.1, 0.15) is 0 Å². The van der Waals surface area contributed by atoms with Crippen LogP contribution in [0.5, 0.6) is 0 Å². The van der Waals surface area contributed by atoms with Crippen molar-refractivity contribution in [1.29, 1.82) is 0 Å². The Hall–Kier alpha value is -2.60. The molecule has 2 amide bonds. The molecule has 4 rings (SSSR count). The van der Waals surface area contributed by atoms with Gasteiger partial charge in [-0.2, -0.15) is 0 Å². The van der Waals surface area contributed by atoms with Crippen molar-refractivity contribution < 1.29 is 19.4 Å². The van der Waals surface area contributed by atoms with Gasteiger partial charge in [0, 0.05) is 67.7 Å². The summed E-state index contributed by atoms with van der Waals surface area (Å²) in [5, 5.41) is 16.0. The van der Waals surface area contributed by atoms with Gasteiger partial charge >= 0.3 is 0 Å². The van der Waals surface area contributed by atoms with E-state index in [4.69, 9.17) is 4.74 Å². The smallest absolute Gasteiger partial charge is 0.251 e. The van der Waals surface area contributed by atoms with Gasteiger partial charge in [-0.1, -0.05) is 25.7 Å². The molecule has 8 heteroatoms. The largest absolute Gasteiger partial charge is 0.392 e. The third-order valence-electron chi connectivity index (χ3n) is 9.64. The molecule has 1 aromatic rings. The Morgan fingerprint density at radius 2 is 1.88 bits per heavy atom. The molecule has 3 heterocycles. The number of hydrogen-bond acceptors (Lipinski definition) is 6. The molecule has 0 spiro atoms. The van der Waals surface area contributed by atoms with E-state index in [0.717, 1.165) is 81.8 Å². The van der Waals surface area contributed by atoms with Crippen LogP contribution in [0.3, 0.4) is 0 Å². The summed E-state index contributed by atoms with van der Waals surface area (Å²) in [6.45, 7) is 17.7. The fourth-order valence-corrected chi connectivity index (χ4v) is 7.20. The maximum absolute atomic E-state index is 13.8. The number of aliphatic hydroxyl groups excluding tert-OH is 1. The Bertz CT molecular complexity index is 1160. The van der Waals surface area contributed by atoms with Crippen LogP contribution in [-0.2, 0) is 9.53 Å². The van der Waals surface area contributed by atoms with Crippen LogP contribution in [0.2, 0.25) is 0 Å². The van der Waals surface area contributed by atoms with Gasteiger partial charge in [0.2, 0.25) is 5.91 Å². The molecule has 3 N–H and O–H groups in total. The number of piperidine rings is 2. The lowest BCUT2D eigenvalue weighted by Gasteiger charge is -2.37. The summed E-state index contributed by atoms with van der Waals surface area (Å²) in [6.07, 6.45) is 4.49. The van der Waals surface area contributed by atoms with Crippen molar-refractivity contribution in [3.05, 3.63) is 28.8 Å². The molecule has 43 heavy (non-hydrogen) atoms. The summed E-state index contributed by atoms with van der Waals surface area (Å²) in [5.74, 6) is 7.49. The van der Waals surface area contributed by atoms with E-state index in [0.29, 0.717) is 36.5 Å². The molecule has 8 nitrogen and oxygen atoms in total. The molecule has 1 aromatic carbocycles. The first-order valence-electron chi connectivity index (χ1n) is 16.6. The second kappa shape index (κ2) is 15.4. The number of nitrogens with zero attached hydrogens (tertiary/aromatic N) is 2. The monoisotopic (exact) mass is 594 g/mol.